The highest BCUT2D eigenvalue weighted by Crippen LogP contribution is 2.32. The molecule has 4 heteroatoms. The topological polar surface area (TPSA) is 18.5 Å². The summed E-state index contributed by atoms with van der Waals surface area (Å²) >= 11 is 12.3. The Morgan fingerprint density at radius 3 is 2.40 bits per heavy atom. The minimum absolute atomic E-state index is 0.115. The average Bonchev–Trinajstić information content (AvgIpc) is 2.90. The van der Waals surface area contributed by atoms with Gasteiger partial charge in [-0.1, -0.05) is 59.6 Å². The maximum absolute atomic E-state index is 6.18. The lowest BCUT2D eigenvalue weighted by atomic mass is 10.1. The molecule has 2 nitrogen and oxygen atoms in total. The van der Waals surface area contributed by atoms with Crippen molar-refractivity contribution in [3.05, 3.63) is 69.7 Å². The van der Waals surface area contributed by atoms with E-state index >= 15 is 0 Å². The Balaban J connectivity index is 1.69. The summed E-state index contributed by atoms with van der Waals surface area (Å²) in [4.78, 5) is 0. The molecule has 1 heterocycles. The molecule has 104 valence electrons. The molecule has 1 saturated heterocycles. The highest BCUT2D eigenvalue weighted by atomic mass is 35.5. The second-order valence-electron chi connectivity index (χ2n) is 4.70. The number of halogens is 2. The molecule has 0 saturated carbocycles. The lowest BCUT2D eigenvalue weighted by molar-refractivity contribution is -0.0563. The third-order valence-electron chi connectivity index (χ3n) is 3.35. The van der Waals surface area contributed by atoms with Crippen molar-refractivity contribution in [1.82, 2.24) is 0 Å². The zero-order valence-corrected chi connectivity index (χ0v) is 12.3. The van der Waals surface area contributed by atoms with Gasteiger partial charge in [-0.05, 0) is 17.7 Å². The lowest BCUT2D eigenvalue weighted by Crippen LogP contribution is -2.12. The van der Waals surface area contributed by atoms with Crippen LogP contribution in [0.25, 0.3) is 0 Å². The Kier molecular flexibility index (Phi) is 4.27. The van der Waals surface area contributed by atoms with Crippen LogP contribution in [0.1, 0.15) is 17.2 Å². The Morgan fingerprint density at radius 1 is 0.950 bits per heavy atom. The first-order valence-corrected chi connectivity index (χ1v) is 7.24. The molecular formula is C16H14Cl2O2. The van der Waals surface area contributed by atoms with E-state index in [-0.39, 0.29) is 12.4 Å². The minimum atomic E-state index is -0.281. The molecule has 0 unspecified atom stereocenters. The van der Waals surface area contributed by atoms with E-state index in [2.05, 4.69) is 0 Å². The summed E-state index contributed by atoms with van der Waals surface area (Å²) in [7, 11) is 0. The fraction of sp³-hybridized carbons (Fsp3) is 0.250. The van der Waals surface area contributed by atoms with Crippen molar-refractivity contribution in [2.24, 2.45) is 0 Å². The van der Waals surface area contributed by atoms with Gasteiger partial charge in [0.15, 0.2) is 6.29 Å². The van der Waals surface area contributed by atoms with Gasteiger partial charge < -0.3 is 9.47 Å². The maximum Gasteiger partial charge on any atom is 0.162 e. The van der Waals surface area contributed by atoms with E-state index in [0.29, 0.717) is 18.1 Å². The van der Waals surface area contributed by atoms with E-state index < -0.39 is 0 Å². The smallest absolute Gasteiger partial charge is 0.162 e. The molecule has 2 aromatic rings. The standard InChI is InChI=1S/C16H14Cl2O2/c17-13-7-3-1-5-11(13)9-16-19-10-15(20-16)12-6-2-4-8-14(12)18/h1-8,15-16H,9-10H2/t15-,16+/m1/s1. The predicted octanol–water partition coefficient (Wildman–Crippen LogP) is 4.65. The second kappa shape index (κ2) is 6.15. The fourth-order valence-corrected chi connectivity index (χ4v) is 2.78. The third-order valence-corrected chi connectivity index (χ3v) is 4.06. The summed E-state index contributed by atoms with van der Waals surface area (Å²) in [5, 5.41) is 1.44. The number of hydrogen-bond acceptors (Lipinski definition) is 2. The zero-order valence-electron chi connectivity index (χ0n) is 10.8. The largest absolute Gasteiger partial charge is 0.349 e. The second-order valence-corrected chi connectivity index (χ2v) is 5.52. The summed E-state index contributed by atoms with van der Waals surface area (Å²) in [6, 6.07) is 15.4. The highest BCUT2D eigenvalue weighted by Gasteiger charge is 2.28. The van der Waals surface area contributed by atoms with Crippen LogP contribution in [0, 0.1) is 0 Å². The van der Waals surface area contributed by atoms with Gasteiger partial charge in [-0.3, -0.25) is 0 Å². The quantitative estimate of drug-likeness (QED) is 0.821. The van der Waals surface area contributed by atoms with Crippen LogP contribution in [0.3, 0.4) is 0 Å². The van der Waals surface area contributed by atoms with E-state index in [1.54, 1.807) is 0 Å². The van der Waals surface area contributed by atoms with Crippen LogP contribution in [-0.4, -0.2) is 12.9 Å². The molecule has 0 amide bonds. The molecule has 2 aromatic carbocycles. The van der Waals surface area contributed by atoms with E-state index in [1.165, 1.54) is 0 Å². The molecule has 0 aromatic heterocycles. The van der Waals surface area contributed by atoms with Gasteiger partial charge in [-0.25, -0.2) is 0 Å². The Hall–Kier alpha value is -1.06. The van der Waals surface area contributed by atoms with Gasteiger partial charge in [0.05, 0.1) is 6.61 Å². The summed E-state index contributed by atoms with van der Waals surface area (Å²) in [6.45, 7) is 0.513. The van der Waals surface area contributed by atoms with Crippen LogP contribution >= 0.6 is 23.2 Å². The van der Waals surface area contributed by atoms with Gasteiger partial charge in [0.1, 0.15) is 6.10 Å². The Bertz CT molecular complexity index is 601. The number of ether oxygens (including phenoxy) is 2. The van der Waals surface area contributed by atoms with Gasteiger partial charge >= 0.3 is 0 Å². The molecule has 3 rings (SSSR count). The highest BCUT2D eigenvalue weighted by molar-refractivity contribution is 6.31. The summed E-state index contributed by atoms with van der Waals surface area (Å²) in [5.74, 6) is 0. The normalized spacial score (nSPS) is 22.1. The average molecular weight is 309 g/mol. The number of hydrogen-bond donors (Lipinski definition) is 0. The van der Waals surface area contributed by atoms with Crippen LogP contribution in [0.15, 0.2) is 48.5 Å². The van der Waals surface area contributed by atoms with E-state index in [4.69, 9.17) is 32.7 Å². The SMILES string of the molecule is Clc1ccccc1C[C@H]1OC[C@H](c2ccccc2Cl)O1. The predicted molar refractivity (Wildman–Crippen MR) is 80.2 cm³/mol. The van der Waals surface area contributed by atoms with Crippen LogP contribution in [-0.2, 0) is 15.9 Å². The number of rotatable bonds is 3. The maximum atomic E-state index is 6.18. The zero-order chi connectivity index (χ0) is 13.9. The van der Waals surface area contributed by atoms with E-state index in [0.717, 1.165) is 16.1 Å². The Labute approximate surface area is 128 Å². The molecule has 1 aliphatic rings. The van der Waals surface area contributed by atoms with Crippen LogP contribution < -0.4 is 0 Å². The monoisotopic (exact) mass is 308 g/mol. The van der Waals surface area contributed by atoms with Crippen molar-refractivity contribution >= 4 is 23.2 Å². The van der Waals surface area contributed by atoms with Crippen molar-refractivity contribution in [3.63, 3.8) is 0 Å². The first-order valence-electron chi connectivity index (χ1n) is 6.49. The van der Waals surface area contributed by atoms with E-state index in [9.17, 15) is 0 Å². The van der Waals surface area contributed by atoms with Gasteiger partial charge in [0.2, 0.25) is 0 Å². The third kappa shape index (κ3) is 2.99. The molecule has 0 spiro atoms. The number of benzene rings is 2. The molecule has 20 heavy (non-hydrogen) atoms. The molecule has 2 atom stereocenters. The van der Waals surface area contributed by atoms with Gasteiger partial charge in [0, 0.05) is 22.0 Å². The summed E-state index contributed by atoms with van der Waals surface area (Å²) in [6.07, 6.45) is 0.244. The minimum Gasteiger partial charge on any atom is -0.349 e. The van der Waals surface area contributed by atoms with Gasteiger partial charge in [-0.15, -0.1) is 0 Å². The fourth-order valence-electron chi connectivity index (χ4n) is 2.31. The van der Waals surface area contributed by atoms with Crippen LogP contribution in [0.5, 0.6) is 0 Å². The van der Waals surface area contributed by atoms with Gasteiger partial charge in [-0.2, -0.15) is 0 Å². The molecule has 1 aliphatic heterocycles. The van der Waals surface area contributed by atoms with Crippen molar-refractivity contribution in [1.29, 1.82) is 0 Å². The summed E-state index contributed by atoms with van der Waals surface area (Å²) in [5.41, 5.74) is 2.00. The van der Waals surface area contributed by atoms with Crippen molar-refractivity contribution in [2.45, 2.75) is 18.8 Å². The molecule has 0 N–H and O–H groups in total. The van der Waals surface area contributed by atoms with Crippen molar-refractivity contribution in [2.75, 3.05) is 6.61 Å². The lowest BCUT2D eigenvalue weighted by Gasteiger charge is -2.13. The molecule has 0 aliphatic carbocycles. The first kappa shape index (κ1) is 13.9. The summed E-state index contributed by atoms with van der Waals surface area (Å²) < 4.78 is 11.6. The molecule has 1 fully saturated rings. The van der Waals surface area contributed by atoms with Gasteiger partial charge in [0.25, 0.3) is 0 Å². The van der Waals surface area contributed by atoms with Crippen molar-refractivity contribution < 1.29 is 9.47 Å². The molecule has 0 radical (unpaired) electrons. The molecule has 0 bridgehead atoms. The van der Waals surface area contributed by atoms with Crippen molar-refractivity contribution in [3.8, 4) is 0 Å². The molecular weight excluding hydrogens is 295 g/mol. The van der Waals surface area contributed by atoms with Crippen LogP contribution in [0.2, 0.25) is 10.0 Å². The van der Waals surface area contributed by atoms with E-state index in [1.807, 2.05) is 48.5 Å². The van der Waals surface area contributed by atoms with Crippen LogP contribution in [0.4, 0.5) is 0 Å². The Morgan fingerprint density at radius 2 is 1.65 bits per heavy atom. The first-order chi connectivity index (χ1) is 9.74.